The molecule has 0 heterocycles. The Labute approximate surface area is 414 Å². The van der Waals surface area contributed by atoms with Crippen LogP contribution in [0, 0.1) is 0 Å². The van der Waals surface area contributed by atoms with Gasteiger partial charge in [0.15, 0.2) is 28.7 Å². The first-order chi connectivity index (χ1) is 34.7. The average molecular weight is 1090 g/mol. The Morgan fingerprint density at radius 1 is 0.432 bits per heavy atom. The van der Waals surface area contributed by atoms with Crippen LogP contribution >= 0.6 is 0 Å². The van der Waals surface area contributed by atoms with Crippen LogP contribution < -0.4 is 10.5 Å². The standard InChI is InChI=1S/C43H29N9O18S4/c44-38-37-21(2-11-30(43(37)57)49-46-24-5-9-27-20(13-24)1-10-29(41(27)55)48-47-25-6-12-32(54)33(17-25)70-19-53)14-35(73(64,65)66)39(38)51-50-31-18-28-22(15-34(31)72(61,62)63)16-36(74(67,68)69)40(42(28)56)52-45-23-3-7-26(8-4-23)71(58,59)60/h1-19,54-57H,44H2,(H,58,59,60)(H,61,62,63)(H,64,65,66)(H,67,68,69). The van der Waals surface area contributed by atoms with E-state index < -0.39 is 105 Å². The molecule has 0 saturated carbocycles. The molecule has 74 heavy (non-hydrogen) atoms. The highest BCUT2D eigenvalue weighted by atomic mass is 32.2. The summed E-state index contributed by atoms with van der Waals surface area (Å²) in [7, 11) is -20.6. The molecule has 0 fully saturated rings. The van der Waals surface area contributed by atoms with Crippen molar-refractivity contribution in [1.29, 1.82) is 0 Å². The lowest BCUT2D eigenvalue weighted by Crippen LogP contribution is -2.02. The second-order valence-corrected chi connectivity index (χ2v) is 20.8. The molecule has 0 unspecified atom stereocenters. The molecule has 0 bridgehead atoms. The van der Waals surface area contributed by atoms with Gasteiger partial charge in [0.1, 0.15) is 43.1 Å². The van der Waals surface area contributed by atoms with Gasteiger partial charge in [-0.25, -0.2) is 0 Å². The smallest absolute Gasteiger partial charge is 0.298 e. The van der Waals surface area contributed by atoms with Gasteiger partial charge in [0, 0.05) is 16.8 Å². The van der Waals surface area contributed by atoms with Crippen molar-refractivity contribution < 1.29 is 81.8 Å². The highest BCUT2D eigenvalue weighted by Crippen LogP contribution is 2.48. The number of hydrogen-bond acceptors (Lipinski definition) is 23. The number of carbonyl (C=O) groups excluding carboxylic acids is 1. The minimum absolute atomic E-state index is 0.0440. The fourth-order valence-electron chi connectivity index (χ4n) is 7.04. The number of fused-ring (bicyclic) bond motifs is 3. The molecule has 0 radical (unpaired) electrons. The van der Waals surface area contributed by atoms with Crippen molar-refractivity contribution in [3.05, 3.63) is 109 Å². The zero-order valence-electron chi connectivity index (χ0n) is 36.4. The number of phenols is 4. The van der Waals surface area contributed by atoms with Gasteiger partial charge in [-0.1, -0.05) is 12.1 Å². The second kappa shape index (κ2) is 19.2. The lowest BCUT2D eigenvalue weighted by atomic mass is 10.1. The summed E-state index contributed by atoms with van der Waals surface area (Å²) in [5.41, 5.74) is 2.93. The van der Waals surface area contributed by atoms with Crippen LogP contribution in [0.3, 0.4) is 0 Å². The number of azo groups is 4. The van der Waals surface area contributed by atoms with E-state index in [1.165, 1.54) is 54.6 Å². The van der Waals surface area contributed by atoms with Gasteiger partial charge in [-0.05, 0) is 107 Å². The number of anilines is 1. The summed E-state index contributed by atoms with van der Waals surface area (Å²) in [5.74, 6) is -2.58. The van der Waals surface area contributed by atoms with E-state index in [2.05, 4.69) is 45.7 Å². The number of rotatable bonds is 14. The lowest BCUT2D eigenvalue weighted by Gasteiger charge is -2.13. The zero-order chi connectivity index (χ0) is 53.7. The summed E-state index contributed by atoms with van der Waals surface area (Å²) in [4.78, 5) is 6.88. The summed E-state index contributed by atoms with van der Waals surface area (Å²) in [6.07, 6.45) is 0. The normalized spacial score (nSPS) is 12.9. The molecule has 8 aromatic rings. The second-order valence-electron chi connectivity index (χ2n) is 15.2. The van der Waals surface area contributed by atoms with Crippen LogP contribution in [0.4, 0.5) is 51.2 Å². The van der Waals surface area contributed by atoms with Crippen molar-refractivity contribution in [2.75, 3.05) is 5.73 Å². The summed E-state index contributed by atoms with van der Waals surface area (Å²) in [6.45, 7) is 0.119. The van der Waals surface area contributed by atoms with Crippen LogP contribution in [0.15, 0.2) is 170 Å². The van der Waals surface area contributed by atoms with E-state index in [-0.39, 0.29) is 62.9 Å². The third-order valence-electron chi connectivity index (χ3n) is 10.5. The van der Waals surface area contributed by atoms with Gasteiger partial charge >= 0.3 is 0 Å². The molecule has 27 nitrogen and oxygen atoms in total. The molecule has 10 N–H and O–H groups in total. The highest BCUT2D eigenvalue weighted by Gasteiger charge is 2.27. The molecular weight excluding hydrogens is 1060 g/mol. The van der Waals surface area contributed by atoms with Crippen LogP contribution in [-0.2, 0) is 45.3 Å². The minimum Gasteiger partial charge on any atom is -0.505 e. The zero-order valence-corrected chi connectivity index (χ0v) is 39.7. The van der Waals surface area contributed by atoms with Gasteiger partial charge in [0.05, 0.1) is 33.0 Å². The van der Waals surface area contributed by atoms with Crippen molar-refractivity contribution in [2.45, 2.75) is 19.6 Å². The monoisotopic (exact) mass is 1090 g/mol. The predicted molar refractivity (Wildman–Crippen MR) is 258 cm³/mol. The molecule has 0 atom stereocenters. The Hall–Kier alpha value is -8.95. The van der Waals surface area contributed by atoms with Gasteiger partial charge in [0.2, 0.25) is 0 Å². The molecule has 8 aromatic carbocycles. The third kappa shape index (κ3) is 10.5. The third-order valence-corrected chi connectivity index (χ3v) is 14.0. The molecule has 0 aromatic heterocycles. The molecular formula is C43H29N9O18S4. The average Bonchev–Trinajstić information content (AvgIpc) is 3.32. The summed E-state index contributed by atoms with van der Waals surface area (Å²) >= 11 is 0. The maximum absolute atomic E-state index is 12.7. The van der Waals surface area contributed by atoms with Gasteiger partial charge < -0.3 is 30.9 Å². The van der Waals surface area contributed by atoms with Crippen molar-refractivity contribution in [3.8, 4) is 28.7 Å². The molecule has 0 aliphatic carbocycles. The predicted octanol–water partition coefficient (Wildman–Crippen LogP) is 9.73. The van der Waals surface area contributed by atoms with E-state index in [0.717, 1.165) is 30.3 Å². The number of phenolic OH excluding ortho intramolecular Hbond substituents is 4. The van der Waals surface area contributed by atoms with E-state index in [9.17, 15) is 77.1 Å². The van der Waals surface area contributed by atoms with E-state index in [4.69, 9.17) is 5.73 Å². The Bertz CT molecular complexity index is 4310. The van der Waals surface area contributed by atoms with Gasteiger partial charge in [-0.2, -0.15) is 49.0 Å². The largest absolute Gasteiger partial charge is 0.505 e. The Morgan fingerprint density at radius 3 is 1.57 bits per heavy atom. The number of nitrogens with zero attached hydrogens (tertiary/aromatic N) is 8. The molecule has 8 rings (SSSR count). The highest BCUT2D eigenvalue weighted by molar-refractivity contribution is 7.86. The van der Waals surface area contributed by atoms with E-state index in [0.29, 0.717) is 29.0 Å². The van der Waals surface area contributed by atoms with Crippen LogP contribution in [-0.4, -0.2) is 78.8 Å². The quantitative estimate of drug-likeness (QED) is 0.0211. The minimum atomic E-state index is -5.37. The fraction of sp³-hybridized carbons (Fsp3) is 0. The fourth-order valence-corrected chi connectivity index (χ4v) is 9.49. The first-order valence-corrected chi connectivity index (χ1v) is 25.8. The number of aromatic hydroxyl groups is 4. The maximum Gasteiger partial charge on any atom is 0.298 e. The van der Waals surface area contributed by atoms with E-state index >= 15 is 0 Å². The number of benzene rings is 8. The summed E-state index contributed by atoms with van der Waals surface area (Å²) < 4.78 is 143. The topological polar surface area (TPSA) is 450 Å². The van der Waals surface area contributed by atoms with Crippen LogP contribution in [0.25, 0.3) is 32.3 Å². The molecule has 0 amide bonds. The number of ether oxygens (including phenoxy) is 1. The maximum atomic E-state index is 12.7. The summed E-state index contributed by atoms with van der Waals surface area (Å²) in [5, 5.41) is 74.0. The van der Waals surface area contributed by atoms with Crippen molar-refractivity contribution in [1.82, 2.24) is 0 Å². The Kier molecular flexibility index (Phi) is 13.4. The van der Waals surface area contributed by atoms with Crippen LogP contribution in [0.2, 0.25) is 0 Å². The van der Waals surface area contributed by atoms with Gasteiger partial charge in [0.25, 0.3) is 46.9 Å². The van der Waals surface area contributed by atoms with Crippen LogP contribution in [0.1, 0.15) is 0 Å². The summed E-state index contributed by atoms with van der Waals surface area (Å²) in [6, 6.07) is 20.4. The molecule has 0 spiro atoms. The molecule has 0 aliphatic rings. The number of hydrogen-bond donors (Lipinski definition) is 9. The van der Waals surface area contributed by atoms with Crippen molar-refractivity contribution in [2.24, 2.45) is 40.9 Å². The lowest BCUT2D eigenvalue weighted by molar-refractivity contribution is -0.120. The van der Waals surface area contributed by atoms with Crippen LogP contribution in [0.5, 0.6) is 28.7 Å². The van der Waals surface area contributed by atoms with Gasteiger partial charge in [-0.15, -0.1) is 25.6 Å². The Balaban J connectivity index is 1.17. The van der Waals surface area contributed by atoms with Crippen molar-refractivity contribution in [3.63, 3.8) is 0 Å². The first-order valence-electron chi connectivity index (χ1n) is 20.0. The Morgan fingerprint density at radius 2 is 0.946 bits per heavy atom. The first kappa shape index (κ1) is 51.4. The SMILES string of the molecule is Nc1c(N=Nc2cc3c(O)c(N=Nc4ccc(S(=O)(=O)O)cc4)c(S(=O)(=O)O)cc3cc2S(=O)(=O)O)c(S(=O)(=O)O)cc2ccc(N=Nc3ccc4c(O)c(N=Nc5ccc(O)c(OC=O)c5)ccc4c3)c(O)c12. The van der Waals surface area contributed by atoms with E-state index in [1.807, 2.05) is 0 Å². The molecule has 378 valence electrons. The molecule has 31 heteroatoms. The number of carbonyl (C=O) groups is 1. The number of nitrogen functional groups attached to an aromatic ring is 1. The molecule has 0 aliphatic heterocycles. The van der Waals surface area contributed by atoms with Gasteiger partial charge in [-0.3, -0.25) is 23.0 Å². The van der Waals surface area contributed by atoms with E-state index in [1.54, 1.807) is 6.07 Å². The number of nitrogens with two attached hydrogens (primary N) is 1. The molecule has 0 saturated heterocycles. The van der Waals surface area contributed by atoms with Crippen molar-refractivity contribution >= 4 is 130 Å².